The van der Waals surface area contributed by atoms with Gasteiger partial charge in [0, 0.05) is 0 Å². The van der Waals surface area contributed by atoms with E-state index in [1.165, 1.54) is 11.1 Å². The predicted molar refractivity (Wildman–Crippen MR) is 102 cm³/mol. The van der Waals surface area contributed by atoms with Gasteiger partial charge in [-0.25, -0.2) is 0 Å². The third kappa shape index (κ3) is 10.5. The molecule has 0 aliphatic carbocycles. The summed E-state index contributed by atoms with van der Waals surface area (Å²) in [7, 11) is 0. The van der Waals surface area contributed by atoms with Crippen molar-refractivity contribution >= 4 is 0 Å². The van der Waals surface area contributed by atoms with Crippen LogP contribution in [0.4, 0.5) is 0 Å². The van der Waals surface area contributed by atoms with Gasteiger partial charge in [-0.1, -0.05) is 85.0 Å². The lowest BCUT2D eigenvalue weighted by Crippen LogP contribution is -1.91. The molecule has 128 valence electrons. The lowest BCUT2D eigenvalue weighted by atomic mass is 10.2. The molecule has 0 aromatic heterocycles. The number of ether oxygens (including phenoxy) is 2. The summed E-state index contributed by atoms with van der Waals surface area (Å²) in [4.78, 5) is 0. The maximum absolute atomic E-state index is 5.37. The van der Waals surface area contributed by atoms with Gasteiger partial charge in [0.2, 0.25) is 0 Å². The van der Waals surface area contributed by atoms with Gasteiger partial charge < -0.3 is 9.47 Å². The van der Waals surface area contributed by atoms with Crippen molar-refractivity contribution in [1.82, 2.24) is 0 Å². The van der Waals surface area contributed by atoms with E-state index in [4.69, 9.17) is 9.47 Å². The first-order valence-electron chi connectivity index (χ1n) is 8.32. The summed E-state index contributed by atoms with van der Waals surface area (Å²) in [5.74, 6) is 0. The summed E-state index contributed by atoms with van der Waals surface area (Å²) in [5, 5.41) is 0. The van der Waals surface area contributed by atoms with Crippen LogP contribution in [0.15, 0.2) is 85.0 Å². The lowest BCUT2D eigenvalue weighted by Gasteiger charge is -1.99. The van der Waals surface area contributed by atoms with Crippen molar-refractivity contribution in [2.45, 2.75) is 27.1 Å². The number of allylic oxidation sites excluding steroid dienone is 2. The zero-order valence-electron chi connectivity index (χ0n) is 14.7. The van der Waals surface area contributed by atoms with Crippen LogP contribution >= 0.6 is 0 Å². The fraction of sp³-hybridized carbons (Fsp3) is 0.273. The zero-order chi connectivity index (χ0) is 17.3. The van der Waals surface area contributed by atoms with E-state index >= 15 is 0 Å². The van der Waals surface area contributed by atoms with Crippen LogP contribution in [-0.2, 0) is 22.7 Å². The average molecular weight is 324 g/mol. The Balaban J connectivity index is 0.000000240. The van der Waals surface area contributed by atoms with E-state index in [0.717, 1.165) is 0 Å². The van der Waals surface area contributed by atoms with E-state index < -0.39 is 0 Å². The highest BCUT2D eigenvalue weighted by atomic mass is 16.5. The smallest absolute Gasteiger partial charge is 0.0721 e. The van der Waals surface area contributed by atoms with Gasteiger partial charge in [0.15, 0.2) is 0 Å². The van der Waals surface area contributed by atoms with Crippen LogP contribution in [-0.4, -0.2) is 13.2 Å². The molecule has 0 spiro atoms. The van der Waals surface area contributed by atoms with Crippen LogP contribution in [0.5, 0.6) is 0 Å². The topological polar surface area (TPSA) is 18.5 Å². The molecule has 0 fully saturated rings. The largest absolute Gasteiger partial charge is 0.373 e. The van der Waals surface area contributed by atoms with E-state index in [9.17, 15) is 0 Å². The zero-order valence-corrected chi connectivity index (χ0v) is 14.7. The minimum atomic E-state index is 0.700. The summed E-state index contributed by atoms with van der Waals surface area (Å²) in [6.07, 6.45) is 7.99. The Bertz CT molecular complexity index is 506. The molecule has 0 bridgehead atoms. The van der Waals surface area contributed by atoms with Gasteiger partial charge in [-0.15, -0.1) is 0 Å². The van der Waals surface area contributed by atoms with Gasteiger partial charge in [-0.2, -0.15) is 0 Å². The second-order valence-corrected chi connectivity index (χ2v) is 5.14. The monoisotopic (exact) mass is 324 g/mol. The highest BCUT2D eigenvalue weighted by molar-refractivity contribution is 5.14. The summed E-state index contributed by atoms with van der Waals surface area (Å²) >= 11 is 0. The molecule has 0 saturated heterocycles. The molecule has 0 aliphatic rings. The molecule has 2 nitrogen and oxygen atoms in total. The molecule has 2 aromatic rings. The van der Waals surface area contributed by atoms with E-state index in [0.29, 0.717) is 26.4 Å². The number of benzene rings is 2. The third-order valence-corrected chi connectivity index (χ3v) is 3.12. The maximum atomic E-state index is 5.37. The summed E-state index contributed by atoms with van der Waals surface area (Å²) < 4.78 is 10.7. The Morgan fingerprint density at radius 1 is 0.625 bits per heavy atom. The Kier molecular flexibility index (Phi) is 12.0. The van der Waals surface area contributed by atoms with E-state index in [2.05, 4.69) is 24.3 Å². The molecule has 2 aromatic carbocycles. The van der Waals surface area contributed by atoms with Crippen molar-refractivity contribution in [3.63, 3.8) is 0 Å². The van der Waals surface area contributed by atoms with Crippen LogP contribution in [0.1, 0.15) is 25.0 Å². The first-order chi connectivity index (χ1) is 11.9. The van der Waals surface area contributed by atoms with Crippen LogP contribution in [0.3, 0.4) is 0 Å². The van der Waals surface area contributed by atoms with Crippen molar-refractivity contribution in [1.29, 1.82) is 0 Å². The molecule has 0 amide bonds. The fourth-order valence-corrected chi connectivity index (χ4v) is 1.83. The summed E-state index contributed by atoms with van der Waals surface area (Å²) in [5.41, 5.74) is 2.45. The van der Waals surface area contributed by atoms with E-state index in [1.54, 1.807) is 0 Å². The lowest BCUT2D eigenvalue weighted by molar-refractivity contribution is 0.148. The molecule has 0 aliphatic heterocycles. The first kappa shape index (κ1) is 19.9. The van der Waals surface area contributed by atoms with Gasteiger partial charge in [0.1, 0.15) is 0 Å². The molecule has 24 heavy (non-hydrogen) atoms. The Morgan fingerprint density at radius 2 is 1.00 bits per heavy atom. The Morgan fingerprint density at radius 3 is 1.33 bits per heavy atom. The van der Waals surface area contributed by atoms with Gasteiger partial charge in [-0.3, -0.25) is 0 Å². The number of rotatable bonds is 8. The molecule has 0 atom stereocenters. The van der Waals surface area contributed by atoms with Crippen molar-refractivity contribution < 1.29 is 9.47 Å². The Labute approximate surface area is 146 Å². The van der Waals surface area contributed by atoms with Crippen LogP contribution < -0.4 is 0 Å². The Hall–Kier alpha value is -2.16. The minimum Gasteiger partial charge on any atom is -0.373 e. The number of hydrogen-bond acceptors (Lipinski definition) is 2. The second kappa shape index (κ2) is 14.4. The molecule has 0 radical (unpaired) electrons. The quantitative estimate of drug-likeness (QED) is 0.467. The average Bonchev–Trinajstić information content (AvgIpc) is 2.65. The number of hydrogen-bond donors (Lipinski definition) is 0. The minimum absolute atomic E-state index is 0.700. The van der Waals surface area contributed by atoms with Gasteiger partial charge >= 0.3 is 0 Å². The molecule has 0 saturated carbocycles. The van der Waals surface area contributed by atoms with Crippen molar-refractivity contribution in [2.75, 3.05) is 13.2 Å². The molecule has 2 rings (SSSR count). The normalized spacial score (nSPS) is 10.8. The molecule has 2 heteroatoms. The third-order valence-electron chi connectivity index (χ3n) is 3.12. The van der Waals surface area contributed by atoms with Crippen molar-refractivity contribution in [2.24, 2.45) is 0 Å². The highest BCUT2D eigenvalue weighted by Gasteiger charge is 1.88. The molecular formula is C22H28O2. The summed E-state index contributed by atoms with van der Waals surface area (Å²) in [6.45, 7) is 6.78. The van der Waals surface area contributed by atoms with E-state index in [-0.39, 0.29) is 0 Å². The molecule has 0 unspecified atom stereocenters. The predicted octanol–water partition coefficient (Wildman–Crippen LogP) is 5.56. The second-order valence-electron chi connectivity index (χ2n) is 5.14. The van der Waals surface area contributed by atoms with Crippen LogP contribution in [0.25, 0.3) is 0 Å². The highest BCUT2D eigenvalue weighted by Crippen LogP contribution is 2.00. The van der Waals surface area contributed by atoms with Crippen LogP contribution in [0.2, 0.25) is 0 Å². The van der Waals surface area contributed by atoms with Gasteiger partial charge in [0.05, 0.1) is 26.4 Å². The van der Waals surface area contributed by atoms with Crippen molar-refractivity contribution in [3.05, 3.63) is 96.1 Å². The molecular weight excluding hydrogens is 296 g/mol. The SMILES string of the molecule is CC=CCOCc1ccccc1.CC=CCOCc1ccccc1. The standard InChI is InChI=1S/2C11H14O/c2*1-2-3-9-12-10-11-7-5-4-6-8-11/h2*2-8H,9-10H2,1H3. The maximum Gasteiger partial charge on any atom is 0.0721 e. The van der Waals surface area contributed by atoms with Gasteiger partial charge in [-0.05, 0) is 25.0 Å². The molecule has 0 heterocycles. The van der Waals surface area contributed by atoms with E-state index in [1.807, 2.05) is 74.5 Å². The van der Waals surface area contributed by atoms with Crippen molar-refractivity contribution in [3.8, 4) is 0 Å². The van der Waals surface area contributed by atoms with Crippen LogP contribution in [0, 0.1) is 0 Å². The van der Waals surface area contributed by atoms with Gasteiger partial charge in [0.25, 0.3) is 0 Å². The summed E-state index contributed by atoms with van der Waals surface area (Å²) in [6, 6.07) is 20.4. The molecule has 0 N–H and O–H groups in total. The first-order valence-corrected chi connectivity index (χ1v) is 8.32. The fourth-order valence-electron chi connectivity index (χ4n) is 1.83.